The summed E-state index contributed by atoms with van der Waals surface area (Å²) in [5.41, 5.74) is 3.93. The first-order chi connectivity index (χ1) is 9.79. The van der Waals surface area contributed by atoms with Crippen LogP contribution in [0.3, 0.4) is 0 Å². The first-order valence-corrected chi connectivity index (χ1v) is 6.44. The quantitative estimate of drug-likeness (QED) is 0.760. The average molecular weight is 262 g/mol. The van der Waals surface area contributed by atoms with Crippen molar-refractivity contribution in [3.63, 3.8) is 0 Å². The highest BCUT2D eigenvalue weighted by Gasteiger charge is 2.06. The lowest BCUT2D eigenvalue weighted by molar-refractivity contribution is 1.04. The summed E-state index contributed by atoms with van der Waals surface area (Å²) in [6.45, 7) is 2.71. The molecule has 0 radical (unpaired) electrons. The van der Waals surface area contributed by atoms with E-state index in [9.17, 15) is 0 Å². The van der Waals surface area contributed by atoms with Crippen LogP contribution in [0, 0.1) is 18.3 Å². The van der Waals surface area contributed by atoms with Crippen molar-refractivity contribution in [3.8, 4) is 6.07 Å². The molecule has 0 spiro atoms. The predicted octanol–water partition coefficient (Wildman–Crippen LogP) is 3.36. The minimum absolute atomic E-state index is 0.700. The summed E-state index contributed by atoms with van der Waals surface area (Å²) in [5, 5.41) is 21.6. The van der Waals surface area contributed by atoms with Crippen LogP contribution in [0.5, 0.6) is 0 Å². The van der Waals surface area contributed by atoms with E-state index in [0.29, 0.717) is 12.1 Å². The van der Waals surface area contributed by atoms with E-state index in [0.717, 1.165) is 27.7 Å². The van der Waals surface area contributed by atoms with Crippen molar-refractivity contribution in [2.24, 2.45) is 0 Å². The topological polar surface area (TPSA) is 64.5 Å². The number of H-pyrrole nitrogens is 1. The largest absolute Gasteiger partial charge is 0.380 e. The van der Waals surface area contributed by atoms with Gasteiger partial charge in [-0.05, 0) is 19.1 Å². The molecule has 0 bridgehead atoms. The van der Waals surface area contributed by atoms with Gasteiger partial charge >= 0.3 is 0 Å². The fourth-order valence-electron chi connectivity index (χ4n) is 2.30. The molecule has 0 saturated carbocycles. The zero-order valence-electron chi connectivity index (χ0n) is 11.1. The molecule has 3 aromatic rings. The lowest BCUT2D eigenvalue weighted by Crippen LogP contribution is -2.00. The molecule has 1 heterocycles. The van der Waals surface area contributed by atoms with Gasteiger partial charge in [0.1, 0.15) is 0 Å². The van der Waals surface area contributed by atoms with Gasteiger partial charge in [-0.15, -0.1) is 0 Å². The average Bonchev–Trinajstić information content (AvgIpc) is 2.90. The molecule has 0 unspecified atom stereocenters. The van der Waals surface area contributed by atoms with Crippen LogP contribution in [0.2, 0.25) is 0 Å². The zero-order valence-corrected chi connectivity index (χ0v) is 11.1. The number of nitrogens with zero attached hydrogens (tertiary/aromatic N) is 2. The molecule has 0 saturated heterocycles. The Bertz CT molecular complexity index is 796. The number of anilines is 1. The number of nitriles is 1. The van der Waals surface area contributed by atoms with Crippen molar-refractivity contribution in [1.82, 2.24) is 10.2 Å². The van der Waals surface area contributed by atoms with Crippen molar-refractivity contribution in [3.05, 3.63) is 59.4 Å². The number of nitrogens with one attached hydrogen (secondary N) is 2. The van der Waals surface area contributed by atoms with Gasteiger partial charge < -0.3 is 5.32 Å². The Labute approximate surface area is 117 Å². The summed E-state index contributed by atoms with van der Waals surface area (Å²) < 4.78 is 0. The van der Waals surface area contributed by atoms with Crippen molar-refractivity contribution < 1.29 is 0 Å². The van der Waals surface area contributed by atoms with Crippen LogP contribution >= 0.6 is 0 Å². The van der Waals surface area contributed by atoms with Gasteiger partial charge in [-0.3, -0.25) is 5.10 Å². The number of rotatable bonds is 3. The fraction of sp³-hybridized carbons (Fsp3) is 0.125. The highest BCUT2D eigenvalue weighted by Crippen LogP contribution is 2.26. The predicted molar refractivity (Wildman–Crippen MR) is 79.3 cm³/mol. The third-order valence-corrected chi connectivity index (χ3v) is 3.45. The Morgan fingerprint density at radius 2 is 2.00 bits per heavy atom. The first kappa shape index (κ1) is 12.2. The summed E-state index contributed by atoms with van der Waals surface area (Å²) in [7, 11) is 0. The Morgan fingerprint density at radius 3 is 2.70 bits per heavy atom. The second kappa shape index (κ2) is 5.06. The molecule has 0 amide bonds. The molecule has 4 nitrogen and oxygen atoms in total. The number of aryl methyl sites for hydroxylation is 1. The van der Waals surface area contributed by atoms with Crippen LogP contribution in [-0.2, 0) is 6.54 Å². The van der Waals surface area contributed by atoms with E-state index in [4.69, 9.17) is 5.26 Å². The molecule has 0 atom stereocenters. The lowest BCUT2D eigenvalue weighted by Gasteiger charge is -2.10. The van der Waals surface area contributed by atoms with Gasteiger partial charge in [0.15, 0.2) is 0 Å². The van der Waals surface area contributed by atoms with Gasteiger partial charge in [0, 0.05) is 34.3 Å². The Hall–Kier alpha value is -2.80. The van der Waals surface area contributed by atoms with Gasteiger partial charge in [-0.25, -0.2) is 0 Å². The van der Waals surface area contributed by atoms with E-state index in [1.54, 1.807) is 0 Å². The minimum Gasteiger partial charge on any atom is -0.380 e. The third-order valence-electron chi connectivity index (χ3n) is 3.45. The Morgan fingerprint density at radius 1 is 1.20 bits per heavy atom. The van der Waals surface area contributed by atoms with Crippen LogP contribution in [0.1, 0.15) is 16.8 Å². The van der Waals surface area contributed by atoms with E-state index in [2.05, 4.69) is 21.6 Å². The lowest BCUT2D eigenvalue weighted by atomic mass is 10.0. The highest BCUT2D eigenvalue weighted by molar-refractivity contribution is 5.97. The Kier molecular flexibility index (Phi) is 3.10. The van der Waals surface area contributed by atoms with E-state index in [1.807, 2.05) is 49.5 Å². The molecule has 4 heteroatoms. The van der Waals surface area contributed by atoms with Crippen molar-refractivity contribution in [1.29, 1.82) is 5.26 Å². The van der Waals surface area contributed by atoms with Gasteiger partial charge in [-0.1, -0.05) is 24.3 Å². The van der Waals surface area contributed by atoms with Gasteiger partial charge in [0.2, 0.25) is 0 Å². The summed E-state index contributed by atoms with van der Waals surface area (Å²) >= 11 is 0. The van der Waals surface area contributed by atoms with Crippen LogP contribution in [-0.4, -0.2) is 10.2 Å². The number of fused-ring (bicyclic) bond motifs is 1. The third kappa shape index (κ3) is 2.10. The molecule has 20 heavy (non-hydrogen) atoms. The number of benzene rings is 2. The minimum atomic E-state index is 0.700. The molecule has 1 aromatic heterocycles. The number of hydrogen-bond donors (Lipinski definition) is 2. The number of aromatic amines is 1. The van der Waals surface area contributed by atoms with Crippen molar-refractivity contribution >= 4 is 16.5 Å². The molecular formula is C16H14N4. The number of aromatic nitrogens is 2. The molecule has 0 aliphatic carbocycles. The second-order valence-corrected chi connectivity index (χ2v) is 4.69. The molecule has 2 aromatic carbocycles. The molecule has 0 aliphatic heterocycles. The summed E-state index contributed by atoms with van der Waals surface area (Å²) in [6, 6.07) is 14.0. The summed E-state index contributed by atoms with van der Waals surface area (Å²) in [4.78, 5) is 0. The van der Waals surface area contributed by atoms with Crippen LogP contribution in [0.4, 0.5) is 5.69 Å². The van der Waals surface area contributed by atoms with E-state index in [-0.39, 0.29) is 0 Å². The van der Waals surface area contributed by atoms with Gasteiger partial charge in [0.25, 0.3) is 0 Å². The SMILES string of the molecule is Cc1[nH]ncc1CNc1ccc(C#N)c2ccccc12. The molecule has 0 fully saturated rings. The van der Waals surface area contributed by atoms with Gasteiger partial charge in [0.05, 0.1) is 17.8 Å². The highest BCUT2D eigenvalue weighted by atomic mass is 15.1. The van der Waals surface area contributed by atoms with Crippen LogP contribution in [0.25, 0.3) is 10.8 Å². The maximum atomic E-state index is 9.16. The molecular weight excluding hydrogens is 248 g/mol. The standard InChI is InChI=1S/C16H14N4/c1-11-13(10-19-20-11)9-18-16-7-6-12(8-17)14-4-2-3-5-15(14)16/h2-7,10,18H,9H2,1H3,(H,19,20). The molecule has 3 rings (SSSR count). The summed E-state index contributed by atoms with van der Waals surface area (Å²) in [6.07, 6.45) is 1.83. The summed E-state index contributed by atoms with van der Waals surface area (Å²) in [5.74, 6) is 0. The van der Waals surface area contributed by atoms with Crippen LogP contribution in [0.15, 0.2) is 42.6 Å². The normalized spacial score (nSPS) is 10.4. The van der Waals surface area contributed by atoms with E-state index < -0.39 is 0 Å². The maximum absolute atomic E-state index is 9.16. The van der Waals surface area contributed by atoms with Crippen LogP contribution < -0.4 is 5.32 Å². The Balaban J connectivity index is 1.97. The van der Waals surface area contributed by atoms with Gasteiger partial charge in [-0.2, -0.15) is 10.4 Å². The number of hydrogen-bond acceptors (Lipinski definition) is 3. The fourth-order valence-corrected chi connectivity index (χ4v) is 2.30. The molecule has 0 aliphatic rings. The first-order valence-electron chi connectivity index (χ1n) is 6.44. The zero-order chi connectivity index (χ0) is 13.9. The van der Waals surface area contributed by atoms with Crippen molar-refractivity contribution in [2.45, 2.75) is 13.5 Å². The molecule has 98 valence electrons. The monoisotopic (exact) mass is 262 g/mol. The van der Waals surface area contributed by atoms with E-state index in [1.165, 1.54) is 0 Å². The second-order valence-electron chi connectivity index (χ2n) is 4.69. The molecule has 2 N–H and O–H groups in total. The van der Waals surface area contributed by atoms with Crippen molar-refractivity contribution in [2.75, 3.05) is 5.32 Å². The maximum Gasteiger partial charge on any atom is 0.0998 e. The smallest absolute Gasteiger partial charge is 0.0998 e. The van der Waals surface area contributed by atoms with E-state index >= 15 is 0 Å².